The summed E-state index contributed by atoms with van der Waals surface area (Å²) in [5.74, 6) is 0. The van der Waals surface area contributed by atoms with Crippen LogP contribution in [0.25, 0.3) is 0 Å². The molecule has 0 aromatic heterocycles. The molecule has 26 heavy (non-hydrogen) atoms. The predicted molar refractivity (Wildman–Crippen MR) is 116 cm³/mol. The van der Waals surface area contributed by atoms with E-state index < -0.39 is 16.6 Å². The summed E-state index contributed by atoms with van der Waals surface area (Å²) in [5, 5.41) is 11.0. The van der Waals surface area contributed by atoms with Crippen LogP contribution < -0.4 is 0 Å². The Morgan fingerprint density at radius 2 is 1.31 bits per heavy atom. The first-order valence-electron chi connectivity index (χ1n) is 10.6. The van der Waals surface area contributed by atoms with Gasteiger partial charge in [-0.15, -0.1) is 0 Å². The molecular formula is C21H44O3Si2. The fraction of sp³-hybridized carbons (Fsp3) is 1.00. The van der Waals surface area contributed by atoms with Crippen molar-refractivity contribution in [3.8, 4) is 0 Å². The zero-order valence-corrected chi connectivity index (χ0v) is 21.0. The zero-order chi connectivity index (χ0) is 20.2. The largest absolute Gasteiger partial charge is 0.413 e. The monoisotopic (exact) mass is 400 g/mol. The van der Waals surface area contributed by atoms with E-state index in [1.165, 1.54) is 6.42 Å². The molecule has 2 saturated carbocycles. The third kappa shape index (κ3) is 4.17. The Kier molecular flexibility index (Phi) is 6.06. The van der Waals surface area contributed by atoms with Crippen molar-refractivity contribution in [2.75, 3.05) is 0 Å². The molecule has 3 nitrogen and oxygen atoms in total. The van der Waals surface area contributed by atoms with Crippen molar-refractivity contribution in [1.82, 2.24) is 0 Å². The fourth-order valence-electron chi connectivity index (χ4n) is 4.21. The second kappa shape index (κ2) is 6.98. The lowest BCUT2D eigenvalue weighted by atomic mass is 9.80. The molecule has 0 amide bonds. The molecule has 0 aromatic carbocycles. The van der Waals surface area contributed by atoms with Gasteiger partial charge in [0.25, 0.3) is 0 Å². The van der Waals surface area contributed by atoms with Gasteiger partial charge in [-0.25, -0.2) is 0 Å². The van der Waals surface area contributed by atoms with Crippen LogP contribution in [-0.4, -0.2) is 40.1 Å². The van der Waals surface area contributed by atoms with Crippen LogP contribution in [0.5, 0.6) is 0 Å². The SMILES string of the molecule is CC(C)(C)[Si](C)(C)O[C@H]1C[C@@H](O)C[C@]12CCC[C@H]2O[Si](C)(C)C(C)(C)C. The minimum atomic E-state index is -1.87. The highest BCUT2D eigenvalue weighted by Gasteiger charge is 2.58. The molecule has 4 atom stereocenters. The predicted octanol–water partition coefficient (Wildman–Crippen LogP) is 6.09. The Bertz CT molecular complexity index is 504. The Hall–Kier alpha value is 0.314. The molecule has 0 unspecified atom stereocenters. The van der Waals surface area contributed by atoms with Crippen LogP contribution in [0.15, 0.2) is 0 Å². The van der Waals surface area contributed by atoms with Crippen molar-refractivity contribution < 1.29 is 14.0 Å². The van der Waals surface area contributed by atoms with Gasteiger partial charge in [0.1, 0.15) is 0 Å². The summed E-state index contributed by atoms with van der Waals surface area (Å²) in [6.07, 6.45) is 5.25. The van der Waals surface area contributed by atoms with E-state index in [1.807, 2.05) is 0 Å². The van der Waals surface area contributed by atoms with Crippen LogP contribution in [0.2, 0.25) is 36.3 Å². The van der Waals surface area contributed by atoms with Crippen LogP contribution in [0, 0.1) is 5.41 Å². The summed E-state index contributed by atoms with van der Waals surface area (Å²) in [7, 11) is -3.71. The zero-order valence-electron chi connectivity index (χ0n) is 19.0. The molecule has 1 spiro atoms. The molecular weight excluding hydrogens is 356 g/mol. The minimum Gasteiger partial charge on any atom is -0.413 e. The molecule has 0 radical (unpaired) electrons. The Labute approximate surface area is 164 Å². The Morgan fingerprint density at radius 1 is 0.846 bits per heavy atom. The average molecular weight is 401 g/mol. The maximum absolute atomic E-state index is 10.6. The first-order chi connectivity index (χ1) is 11.5. The van der Waals surface area contributed by atoms with E-state index in [2.05, 4.69) is 67.7 Å². The van der Waals surface area contributed by atoms with Crippen molar-refractivity contribution in [2.24, 2.45) is 5.41 Å². The Morgan fingerprint density at radius 3 is 1.77 bits per heavy atom. The summed E-state index contributed by atoms with van der Waals surface area (Å²) in [4.78, 5) is 0. The van der Waals surface area contributed by atoms with Gasteiger partial charge >= 0.3 is 0 Å². The molecule has 2 rings (SSSR count). The van der Waals surface area contributed by atoms with E-state index in [0.717, 1.165) is 25.7 Å². The van der Waals surface area contributed by atoms with Gasteiger partial charge in [0.2, 0.25) is 0 Å². The van der Waals surface area contributed by atoms with Crippen LogP contribution in [-0.2, 0) is 8.85 Å². The smallest absolute Gasteiger partial charge is 0.192 e. The molecule has 0 saturated heterocycles. The molecule has 0 aliphatic heterocycles. The highest BCUT2D eigenvalue weighted by atomic mass is 28.4. The van der Waals surface area contributed by atoms with Gasteiger partial charge < -0.3 is 14.0 Å². The third-order valence-electron chi connectivity index (χ3n) is 7.98. The van der Waals surface area contributed by atoms with E-state index in [0.29, 0.717) is 0 Å². The second-order valence-corrected chi connectivity index (χ2v) is 21.5. The van der Waals surface area contributed by atoms with Crippen molar-refractivity contribution in [2.45, 2.75) is 128 Å². The van der Waals surface area contributed by atoms with Crippen LogP contribution in [0.3, 0.4) is 0 Å². The highest BCUT2D eigenvalue weighted by molar-refractivity contribution is 6.74. The third-order valence-corrected chi connectivity index (χ3v) is 17.0. The van der Waals surface area contributed by atoms with Crippen LogP contribution in [0.4, 0.5) is 0 Å². The van der Waals surface area contributed by atoms with E-state index in [-0.39, 0.29) is 33.8 Å². The normalized spacial score (nSPS) is 34.0. The van der Waals surface area contributed by atoms with Crippen LogP contribution in [0.1, 0.15) is 73.6 Å². The number of aliphatic hydroxyl groups excluding tert-OH is 1. The molecule has 0 aromatic rings. The maximum atomic E-state index is 10.6. The van der Waals surface area contributed by atoms with Crippen molar-refractivity contribution >= 4 is 16.6 Å². The van der Waals surface area contributed by atoms with Gasteiger partial charge in [0.05, 0.1) is 18.3 Å². The molecule has 2 aliphatic carbocycles. The first-order valence-corrected chi connectivity index (χ1v) is 16.4. The summed E-state index contributed by atoms with van der Waals surface area (Å²) in [6.45, 7) is 23.2. The van der Waals surface area contributed by atoms with Crippen LogP contribution >= 0.6 is 0 Å². The average Bonchev–Trinajstić information content (AvgIpc) is 2.91. The fourth-order valence-corrected chi connectivity index (χ4v) is 7.02. The molecule has 0 bridgehead atoms. The van der Waals surface area contributed by atoms with Gasteiger partial charge in [-0.2, -0.15) is 0 Å². The van der Waals surface area contributed by atoms with Gasteiger partial charge in [0.15, 0.2) is 16.6 Å². The van der Waals surface area contributed by atoms with Gasteiger partial charge in [-0.3, -0.25) is 0 Å². The standard InChI is InChI=1S/C21H44O3Si2/c1-19(2,3)25(7,8)23-17-12-11-13-21(17)15-16(22)14-18(21)24-26(9,10)20(4,5)6/h16-18,22H,11-15H2,1-10H3/t16-,17-,18+,21+/m1/s1. The van der Waals surface area contributed by atoms with E-state index >= 15 is 0 Å². The highest BCUT2D eigenvalue weighted by Crippen LogP contribution is 2.56. The quantitative estimate of drug-likeness (QED) is 0.580. The summed E-state index contributed by atoms with van der Waals surface area (Å²) >= 11 is 0. The molecule has 0 heterocycles. The van der Waals surface area contributed by atoms with Gasteiger partial charge in [0, 0.05) is 5.41 Å². The van der Waals surface area contributed by atoms with Crippen molar-refractivity contribution in [3.63, 3.8) is 0 Å². The molecule has 2 fully saturated rings. The molecule has 154 valence electrons. The topological polar surface area (TPSA) is 38.7 Å². The molecule has 2 aliphatic rings. The summed E-state index contributed by atoms with van der Waals surface area (Å²) in [5.41, 5.74) is 0.0183. The van der Waals surface area contributed by atoms with Crippen molar-refractivity contribution in [1.29, 1.82) is 0 Å². The lowest BCUT2D eigenvalue weighted by molar-refractivity contribution is -0.0183. The maximum Gasteiger partial charge on any atom is 0.192 e. The number of rotatable bonds is 4. The minimum absolute atomic E-state index is 0.0183. The summed E-state index contributed by atoms with van der Waals surface area (Å²) in [6, 6.07) is 0. The number of hydrogen-bond acceptors (Lipinski definition) is 3. The summed E-state index contributed by atoms with van der Waals surface area (Å²) < 4.78 is 13.9. The molecule has 1 N–H and O–H groups in total. The van der Waals surface area contributed by atoms with E-state index in [4.69, 9.17) is 8.85 Å². The first kappa shape index (κ1) is 22.6. The Balaban J connectivity index is 2.28. The number of hydrogen-bond donors (Lipinski definition) is 1. The van der Waals surface area contributed by atoms with E-state index in [9.17, 15) is 5.11 Å². The second-order valence-electron chi connectivity index (χ2n) is 12.0. The van der Waals surface area contributed by atoms with Gasteiger partial charge in [-0.05, 0) is 61.9 Å². The lowest BCUT2D eigenvalue weighted by Gasteiger charge is -2.47. The van der Waals surface area contributed by atoms with E-state index in [1.54, 1.807) is 0 Å². The van der Waals surface area contributed by atoms with Crippen molar-refractivity contribution in [3.05, 3.63) is 0 Å². The number of aliphatic hydroxyl groups is 1. The lowest BCUT2D eigenvalue weighted by Crippen LogP contribution is -2.53. The van der Waals surface area contributed by atoms with Gasteiger partial charge in [-0.1, -0.05) is 48.0 Å². The molecule has 5 heteroatoms.